The zero-order valence-electron chi connectivity index (χ0n) is 13.2. The van der Waals surface area contributed by atoms with Crippen molar-refractivity contribution in [1.82, 2.24) is 10.3 Å². The largest absolute Gasteiger partial charge is 0.441 e. The van der Waals surface area contributed by atoms with E-state index in [1.165, 1.54) is 0 Å². The Labute approximate surface area is 131 Å². The molecule has 1 aromatic carbocycles. The van der Waals surface area contributed by atoms with Gasteiger partial charge in [-0.05, 0) is 52.3 Å². The van der Waals surface area contributed by atoms with Crippen LogP contribution in [-0.4, -0.2) is 17.1 Å². The molecule has 21 heavy (non-hydrogen) atoms. The lowest BCUT2D eigenvalue weighted by atomic mass is 10.1. The molecule has 0 aliphatic rings. The highest BCUT2D eigenvalue weighted by Crippen LogP contribution is 2.30. The van der Waals surface area contributed by atoms with E-state index in [1.807, 2.05) is 25.1 Å². The topological polar surface area (TPSA) is 38.1 Å². The quantitative estimate of drug-likeness (QED) is 0.819. The van der Waals surface area contributed by atoms with Gasteiger partial charge in [-0.3, -0.25) is 0 Å². The summed E-state index contributed by atoms with van der Waals surface area (Å²) in [5.41, 5.74) is 2.10. The first-order valence-electron chi connectivity index (χ1n) is 7.32. The molecule has 0 aliphatic heterocycles. The highest BCUT2D eigenvalue weighted by Gasteiger charge is 2.12. The third-order valence-corrected chi connectivity index (χ3v) is 3.74. The second-order valence-electron chi connectivity index (χ2n) is 6.34. The summed E-state index contributed by atoms with van der Waals surface area (Å²) in [6.45, 7) is 9.43. The molecule has 1 N–H and O–H groups in total. The van der Waals surface area contributed by atoms with Crippen LogP contribution in [0.4, 0.5) is 0 Å². The summed E-state index contributed by atoms with van der Waals surface area (Å²) in [5, 5.41) is 4.19. The van der Waals surface area contributed by atoms with E-state index in [9.17, 15) is 0 Å². The fourth-order valence-electron chi connectivity index (χ4n) is 2.09. The van der Waals surface area contributed by atoms with E-state index < -0.39 is 0 Å². The van der Waals surface area contributed by atoms with Crippen LogP contribution in [0.15, 0.2) is 28.8 Å². The van der Waals surface area contributed by atoms with Gasteiger partial charge in [0.15, 0.2) is 11.7 Å². The molecule has 0 unspecified atom stereocenters. The molecule has 1 heterocycles. The predicted octanol–water partition coefficient (Wildman–Crippen LogP) is 4.62. The van der Waals surface area contributed by atoms with Gasteiger partial charge in [0.05, 0.1) is 11.2 Å². The van der Waals surface area contributed by atoms with Crippen LogP contribution in [0, 0.1) is 6.92 Å². The molecule has 0 saturated heterocycles. The van der Waals surface area contributed by atoms with Crippen molar-refractivity contribution in [2.75, 3.05) is 6.54 Å². The second-order valence-corrected chi connectivity index (χ2v) is 6.71. The van der Waals surface area contributed by atoms with Gasteiger partial charge in [0.2, 0.25) is 0 Å². The lowest BCUT2D eigenvalue weighted by molar-refractivity contribution is 0.412. The van der Waals surface area contributed by atoms with E-state index in [0.717, 1.165) is 47.2 Å². The summed E-state index contributed by atoms with van der Waals surface area (Å²) in [5.74, 6) is 1.50. The zero-order valence-corrected chi connectivity index (χ0v) is 13.9. The van der Waals surface area contributed by atoms with Crippen molar-refractivity contribution in [3.05, 3.63) is 40.9 Å². The number of aromatic nitrogens is 1. The minimum atomic E-state index is 0.150. The molecular formula is C17H23ClN2O. The maximum Gasteiger partial charge on any atom is 0.194 e. The van der Waals surface area contributed by atoms with Crippen molar-refractivity contribution in [2.24, 2.45) is 0 Å². The third-order valence-electron chi connectivity index (χ3n) is 3.23. The molecule has 0 saturated carbocycles. The zero-order chi connectivity index (χ0) is 15.5. The molecular weight excluding hydrogens is 284 g/mol. The maximum absolute atomic E-state index is 6.32. The number of aryl methyl sites for hydroxylation is 2. The van der Waals surface area contributed by atoms with Gasteiger partial charge < -0.3 is 9.73 Å². The van der Waals surface area contributed by atoms with Crippen LogP contribution in [0.5, 0.6) is 0 Å². The van der Waals surface area contributed by atoms with Crippen LogP contribution in [0.2, 0.25) is 5.02 Å². The highest BCUT2D eigenvalue weighted by molar-refractivity contribution is 6.33. The van der Waals surface area contributed by atoms with Crippen LogP contribution in [0.1, 0.15) is 38.6 Å². The Hall–Kier alpha value is -1.32. The minimum absolute atomic E-state index is 0.150. The van der Waals surface area contributed by atoms with Gasteiger partial charge in [0.1, 0.15) is 0 Å². The Bertz CT molecular complexity index is 599. The molecule has 2 rings (SSSR count). The molecule has 0 amide bonds. The van der Waals surface area contributed by atoms with Crippen molar-refractivity contribution >= 4 is 11.6 Å². The number of halogens is 1. The van der Waals surface area contributed by atoms with Gasteiger partial charge in [-0.1, -0.05) is 23.7 Å². The van der Waals surface area contributed by atoms with Gasteiger partial charge in [-0.25, -0.2) is 4.98 Å². The smallest absolute Gasteiger partial charge is 0.194 e. The SMILES string of the molecule is Cc1cccc(-c2cnc(CCCNC(C)(C)C)o2)c1Cl. The molecule has 1 aromatic heterocycles. The number of nitrogens with zero attached hydrogens (tertiary/aromatic N) is 1. The van der Waals surface area contributed by atoms with Gasteiger partial charge in [0.25, 0.3) is 0 Å². The van der Waals surface area contributed by atoms with Crippen LogP contribution >= 0.6 is 11.6 Å². The average molecular weight is 307 g/mol. The Morgan fingerprint density at radius 1 is 1.29 bits per heavy atom. The number of hydrogen-bond acceptors (Lipinski definition) is 3. The van der Waals surface area contributed by atoms with Crippen molar-refractivity contribution in [1.29, 1.82) is 0 Å². The molecule has 114 valence electrons. The molecule has 0 spiro atoms. The Morgan fingerprint density at radius 3 is 2.76 bits per heavy atom. The lowest BCUT2D eigenvalue weighted by Crippen LogP contribution is -2.36. The van der Waals surface area contributed by atoms with Crippen LogP contribution in [0.3, 0.4) is 0 Å². The molecule has 3 nitrogen and oxygen atoms in total. The fraction of sp³-hybridized carbons (Fsp3) is 0.471. The normalized spacial score (nSPS) is 11.9. The van der Waals surface area contributed by atoms with Crippen LogP contribution < -0.4 is 5.32 Å². The Balaban J connectivity index is 1.97. The van der Waals surface area contributed by atoms with E-state index in [1.54, 1.807) is 6.20 Å². The van der Waals surface area contributed by atoms with E-state index in [2.05, 4.69) is 31.1 Å². The van der Waals surface area contributed by atoms with Gasteiger partial charge in [0, 0.05) is 17.5 Å². The van der Waals surface area contributed by atoms with Gasteiger partial charge >= 0.3 is 0 Å². The first-order valence-corrected chi connectivity index (χ1v) is 7.70. The first-order chi connectivity index (χ1) is 9.87. The summed E-state index contributed by atoms with van der Waals surface area (Å²) < 4.78 is 5.81. The number of hydrogen-bond donors (Lipinski definition) is 1. The number of benzene rings is 1. The first kappa shape index (κ1) is 16.1. The van der Waals surface area contributed by atoms with Gasteiger partial charge in [-0.2, -0.15) is 0 Å². The maximum atomic E-state index is 6.32. The third kappa shape index (κ3) is 4.58. The molecule has 0 aliphatic carbocycles. The van der Waals surface area contributed by atoms with Crippen LogP contribution in [-0.2, 0) is 6.42 Å². The van der Waals surface area contributed by atoms with Gasteiger partial charge in [-0.15, -0.1) is 0 Å². The summed E-state index contributed by atoms with van der Waals surface area (Å²) >= 11 is 6.32. The van der Waals surface area contributed by atoms with E-state index in [4.69, 9.17) is 16.0 Å². The van der Waals surface area contributed by atoms with Crippen molar-refractivity contribution in [3.63, 3.8) is 0 Å². The summed E-state index contributed by atoms with van der Waals surface area (Å²) in [4.78, 5) is 4.34. The summed E-state index contributed by atoms with van der Waals surface area (Å²) in [6.07, 6.45) is 3.58. The highest BCUT2D eigenvalue weighted by atomic mass is 35.5. The van der Waals surface area contributed by atoms with Crippen LogP contribution in [0.25, 0.3) is 11.3 Å². The summed E-state index contributed by atoms with van der Waals surface area (Å²) in [7, 11) is 0. The molecule has 0 fully saturated rings. The molecule has 0 radical (unpaired) electrons. The number of nitrogens with one attached hydrogen (secondary N) is 1. The van der Waals surface area contributed by atoms with Crippen molar-refractivity contribution in [2.45, 2.75) is 46.1 Å². The molecule has 0 atom stereocenters. The average Bonchev–Trinajstić information content (AvgIpc) is 2.85. The van der Waals surface area contributed by atoms with Crippen molar-refractivity contribution < 1.29 is 4.42 Å². The Kier molecular flexibility index (Phi) is 5.07. The minimum Gasteiger partial charge on any atom is -0.441 e. The number of rotatable bonds is 5. The van der Waals surface area contributed by atoms with E-state index in [0.29, 0.717) is 0 Å². The molecule has 2 aromatic rings. The fourth-order valence-corrected chi connectivity index (χ4v) is 2.31. The van der Waals surface area contributed by atoms with E-state index in [-0.39, 0.29) is 5.54 Å². The van der Waals surface area contributed by atoms with Crippen molar-refractivity contribution in [3.8, 4) is 11.3 Å². The molecule has 0 bridgehead atoms. The standard InChI is InChI=1S/C17H23ClN2O/c1-12-7-5-8-13(16(12)18)14-11-19-15(21-14)9-6-10-20-17(2,3)4/h5,7-8,11,20H,6,9-10H2,1-4H3. The second kappa shape index (κ2) is 6.63. The lowest BCUT2D eigenvalue weighted by Gasteiger charge is -2.20. The predicted molar refractivity (Wildman–Crippen MR) is 87.8 cm³/mol. The Morgan fingerprint density at radius 2 is 2.05 bits per heavy atom. The monoisotopic (exact) mass is 306 g/mol. The summed E-state index contributed by atoms with van der Waals surface area (Å²) in [6, 6.07) is 5.92. The number of oxazole rings is 1. The molecule has 4 heteroatoms. The van der Waals surface area contributed by atoms with E-state index >= 15 is 0 Å².